The molecular weight excluding hydrogens is 382 g/mol. The summed E-state index contributed by atoms with van der Waals surface area (Å²) in [5, 5.41) is 4.90. The lowest BCUT2D eigenvalue weighted by molar-refractivity contribution is -0.895. The van der Waals surface area contributed by atoms with Gasteiger partial charge in [0.05, 0.1) is 26.2 Å². The van der Waals surface area contributed by atoms with Crippen LogP contribution in [0.3, 0.4) is 0 Å². The molecule has 3 rings (SSSR count). The predicted molar refractivity (Wildman–Crippen MR) is 90.4 cm³/mol. The Balaban J connectivity index is 1.51. The molecule has 148 valence electrons. The van der Waals surface area contributed by atoms with Gasteiger partial charge in [-0.25, -0.2) is 22.0 Å². The van der Waals surface area contributed by atoms with Crippen LogP contribution < -0.4 is 15.5 Å². The zero-order chi connectivity index (χ0) is 19.6. The average Bonchev–Trinajstić information content (AvgIpc) is 3.38. The first-order valence-electron chi connectivity index (χ1n) is 8.65. The predicted octanol–water partition coefficient (Wildman–Crippen LogP) is -1.16. The largest absolute Gasteiger partial charge is 0.335 e. The summed E-state index contributed by atoms with van der Waals surface area (Å²) in [5.41, 5.74) is 0. The van der Waals surface area contributed by atoms with Crippen LogP contribution >= 0.6 is 0 Å². The van der Waals surface area contributed by atoms with Crippen molar-refractivity contribution in [3.05, 3.63) is 29.8 Å². The van der Waals surface area contributed by atoms with Crippen LogP contribution in [0, 0.1) is 11.6 Å². The molecule has 1 heterocycles. The Morgan fingerprint density at radius 1 is 1.19 bits per heavy atom. The molecule has 8 nitrogen and oxygen atoms in total. The number of nitrogens with zero attached hydrogens (tertiary/aromatic N) is 1. The third kappa shape index (κ3) is 4.99. The lowest BCUT2D eigenvalue weighted by Gasteiger charge is -2.31. The highest BCUT2D eigenvalue weighted by Crippen LogP contribution is 2.20. The molecule has 1 saturated heterocycles. The third-order valence-electron chi connectivity index (χ3n) is 4.52. The molecule has 2 fully saturated rings. The van der Waals surface area contributed by atoms with E-state index in [1.54, 1.807) is 0 Å². The van der Waals surface area contributed by atoms with E-state index in [-0.39, 0.29) is 25.7 Å². The Hall–Kier alpha value is -2.11. The second kappa shape index (κ2) is 7.87. The van der Waals surface area contributed by atoms with Crippen LogP contribution in [0.25, 0.3) is 0 Å². The van der Waals surface area contributed by atoms with Gasteiger partial charge in [-0.1, -0.05) is 0 Å². The number of hydrogen-bond acceptors (Lipinski definition) is 4. The molecule has 3 amide bonds. The molecule has 2 aliphatic rings. The van der Waals surface area contributed by atoms with Gasteiger partial charge in [-0.05, 0) is 25.0 Å². The number of halogens is 2. The molecule has 27 heavy (non-hydrogen) atoms. The fourth-order valence-electron chi connectivity index (χ4n) is 2.89. The van der Waals surface area contributed by atoms with Crippen molar-refractivity contribution in [1.29, 1.82) is 0 Å². The first kappa shape index (κ1) is 19.6. The van der Waals surface area contributed by atoms with E-state index in [4.69, 9.17) is 0 Å². The van der Waals surface area contributed by atoms with Gasteiger partial charge in [0.25, 0.3) is 5.91 Å². The minimum Gasteiger partial charge on any atom is -0.335 e. The van der Waals surface area contributed by atoms with Crippen molar-refractivity contribution < 1.29 is 31.7 Å². The summed E-state index contributed by atoms with van der Waals surface area (Å²) in [7, 11) is -4.07. The number of quaternary nitrogens is 1. The van der Waals surface area contributed by atoms with Gasteiger partial charge in [0.15, 0.2) is 6.54 Å². The van der Waals surface area contributed by atoms with Crippen molar-refractivity contribution in [1.82, 2.24) is 14.9 Å². The zero-order valence-electron chi connectivity index (χ0n) is 14.5. The molecule has 1 aromatic carbocycles. The molecular formula is C16H21F2N4O4S+. The molecule has 1 aliphatic carbocycles. The van der Waals surface area contributed by atoms with E-state index in [0.29, 0.717) is 19.2 Å². The number of nitrogens with one attached hydrogen (secondary N) is 3. The normalized spacial score (nSPS) is 18.9. The first-order chi connectivity index (χ1) is 12.8. The number of imide groups is 1. The molecule has 0 bridgehead atoms. The van der Waals surface area contributed by atoms with E-state index in [0.717, 1.165) is 34.2 Å². The Bertz CT molecular complexity index is 837. The van der Waals surface area contributed by atoms with Gasteiger partial charge in [0.1, 0.15) is 16.5 Å². The highest BCUT2D eigenvalue weighted by Gasteiger charge is 2.33. The number of piperazine rings is 1. The van der Waals surface area contributed by atoms with Gasteiger partial charge in [-0.2, -0.15) is 4.31 Å². The standard InChI is InChI=1S/C16H20F2N4O4S/c17-11-1-4-14(13(18)9-11)27(25,26)22-7-5-21(6-8-22)10-15(23)20-16(24)19-12-2-3-12/h1,4,9,12H,2-3,5-8,10H2,(H2,19,20,23,24)/p+1. The van der Waals surface area contributed by atoms with Crippen molar-refractivity contribution in [2.45, 2.75) is 23.8 Å². The molecule has 0 spiro atoms. The molecule has 0 aromatic heterocycles. The van der Waals surface area contributed by atoms with Gasteiger partial charge in [-0.15, -0.1) is 0 Å². The summed E-state index contributed by atoms with van der Waals surface area (Å²) >= 11 is 0. The van der Waals surface area contributed by atoms with Gasteiger partial charge < -0.3 is 10.2 Å². The van der Waals surface area contributed by atoms with Crippen LogP contribution in [0.15, 0.2) is 23.1 Å². The number of benzene rings is 1. The van der Waals surface area contributed by atoms with Crippen LogP contribution in [0.2, 0.25) is 0 Å². The van der Waals surface area contributed by atoms with Gasteiger partial charge in [0.2, 0.25) is 10.0 Å². The SMILES string of the molecule is O=C(C[NH+]1CCN(S(=O)(=O)c2ccc(F)cc2F)CC1)NC(=O)NC1CC1. The summed E-state index contributed by atoms with van der Waals surface area (Å²) in [6, 6.07) is 1.96. The summed E-state index contributed by atoms with van der Waals surface area (Å²) in [6.07, 6.45) is 1.83. The second-order valence-corrected chi connectivity index (χ2v) is 8.61. The molecule has 3 N–H and O–H groups in total. The van der Waals surface area contributed by atoms with Crippen LogP contribution in [0.1, 0.15) is 12.8 Å². The smallest absolute Gasteiger partial charge is 0.321 e. The maximum absolute atomic E-state index is 13.8. The number of hydrogen-bond donors (Lipinski definition) is 3. The van der Waals surface area contributed by atoms with Gasteiger partial charge in [0, 0.05) is 12.1 Å². The quantitative estimate of drug-likeness (QED) is 0.578. The van der Waals surface area contributed by atoms with Crippen molar-refractivity contribution >= 4 is 22.0 Å². The second-order valence-electron chi connectivity index (χ2n) is 6.70. The summed E-state index contributed by atoms with van der Waals surface area (Å²) < 4.78 is 53.0. The van der Waals surface area contributed by atoms with Crippen molar-refractivity contribution in [3.63, 3.8) is 0 Å². The minimum atomic E-state index is -4.07. The number of amides is 3. The monoisotopic (exact) mass is 403 g/mol. The van der Waals surface area contributed by atoms with Crippen LogP contribution in [-0.4, -0.2) is 63.4 Å². The Morgan fingerprint density at radius 3 is 2.44 bits per heavy atom. The number of rotatable bonds is 5. The van der Waals surface area contributed by atoms with Crippen molar-refractivity contribution in [2.75, 3.05) is 32.7 Å². The molecule has 11 heteroatoms. The minimum absolute atomic E-state index is 0.0386. The van der Waals surface area contributed by atoms with Crippen LogP contribution in [-0.2, 0) is 14.8 Å². The lowest BCUT2D eigenvalue weighted by atomic mass is 10.3. The van der Waals surface area contributed by atoms with E-state index >= 15 is 0 Å². The van der Waals surface area contributed by atoms with E-state index in [1.807, 2.05) is 0 Å². The maximum Gasteiger partial charge on any atom is 0.321 e. The Labute approximate surface area is 155 Å². The number of sulfonamides is 1. The molecule has 1 aliphatic heterocycles. The maximum atomic E-state index is 13.8. The molecule has 1 aromatic rings. The van der Waals surface area contributed by atoms with E-state index in [2.05, 4.69) is 10.6 Å². The number of carbonyl (C=O) groups is 2. The fraction of sp³-hybridized carbons (Fsp3) is 0.500. The highest BCUT2D eigenvalue weighted by atomic mass is 32.2. The fourth-order valence-corrected chi connectivity index (χ4v) is 4.38. The zero-order valence-corrected chi connectivity index (χ0v) is 15.3. The van der Waals surface area contributed by atoms with E-state index < -0.39 is 38.5 Å². The van der Waals surface area contributed by atoms with Gasteiger partial charge in [-0.3, -0.25) is 10.1 Å². The molecule has 0 atom stereocenters. The molecule has 1 saturated carbocycles. The number of urea groups is 1. The molecule has 0 unspecified atom stereocenters. The summed E-state index contributed by atoms with van der Waals surface area (Å²) in [4.78, 5) is 23.7. The van der Waals surface area contributed by atoms with E-state index in [1.165, 1.54) is 0 Å². The van der Waals surface area contributed by atoms with Crippen LogP contribution in [0.5, 0.6) is 0 Å². The molecule has 0 radical (unpaired) electrons. The number of carbonyl (C=O) groups excluding carboxylic acids is 2. The highest BCUT2D eigenvalue weighted by molar-refractivity contribution is 7.89. The van der Waals surface area contributed by atoms with Gasteiger partial charge >= 0.3 is 6.03 Å². The summed E-state index contributed by atoms with van der Waals surface area (Å²) in [6.45, 7) is 0.891. The van der Waals surface area contributed by atoms with E-state index in [9.17, 15) is 26.8 Å². The Morgan fingerprint density at radius 2 is 1.85 bits per heavy atom. The third-order valence-corrected chi connectivity index (χ3v) is 6.45. The lowest BCUT2D eigenvalue weighted by Crippen LogP contribution is -3.15. The average molecular weight is 403 g/mol. The first-order valence-corrected chi connectivity index (χ1v) is 10.1. The van der Waals surface area contributed by atoms with Crippen LogP contribution in [0.4, 0.5) is 13.6 Å². The van der Waals surface area contributed by atoms with Crippen molar-refractivity contribution in [3.8, 4) is 0 Å². The van der Waals surface area contributed by atoms with Crippen molar-refractivity contribution in [2.24, 2.45) is 0 Å². The Kier molecular flexibility index (Phi) is 5.72. The summed E-state index contributed by atoms with van der Waals surface area (Å²) in [5.74, 6) is -2.42. The topological polar surface area (TPSA) is 100 Å².